The fourth-order valence-corrected chi connectivity index (χ4v) is 3.35. The summed E-state index contributed by atoms with van der Waals surface area (Å²) in [5.74, 6) is 0.709. The van der Waals surface area contributed by atoms with Gasteiger partial charge in [-0.25, -0.2) is 0 Å². The minimum absolute atomic E-state index is 0.0315. The largest absolute Gasteiger partial charge is 0.322 e. The van der Waals surface area contributed by atoms with Gasteiger partial charge in [-0.3, -0.25) is 4.79 Å². The molecule has 0 radical (unpaired) electrons. The molecule has 1 aliphatic rings. The van der Waals surface area contributed by atoms with Crippen LogP contribution in [0.1, 0.15) is 43.7 Å². The van der Waals surface area contributed by atoms with E-state index in [-0.39, 0.29) is 5.56 Å². The Hall–Kier alpha value is -1.61. The molecule has 1 heterocycles. The van der Waals surface area contributed by atoms with E-state index in [1.165, 1.54) is 31.2 Å². The predicted molar refractivity (Wildman–Crippen MR) is 87.6 cm³/mol. The quantitative estimate of drug-likeness (QED) is 0.906. The number of hydrogen-bond donors (Lipinski definition) is 2. The molecular weight excluding hydrogens is 260 g/mol. The van der Waals surface area contributed by atoms with Gasteiger partial charge in [-0.2, -0.15) is 0 Å². The van der Waals surface area contributed by atoms with E-state index in [4.69, 9.17) is 0 Å². The Labute approximate surface area is 125 Å². The van der Waals surface area contributed by atoms with Gasteiger partial charge in [0.2, 0.25) is 0 Å². The van der Waals surface area contributed by atoms with E-state index < -0.39 is 0 Å². The van der Waals surface area contributed by atoms with Crippen LogP contribution in [0.5, 0.6) is 0 Å². The van der Waals surface area contributed by atoms with Crippen molar-refractivity contribution in [3.63, 3.8) is 0 Å². The highest BCUT2D eigenvalue weighted by atomic mass is 16.1. The van der Waals surface area contributed by atoms with Crippen molar-refractivity contribution < 1.29 is 0 Å². The second kappa shape index (κ2) is 6.02. The fourth-order valence-electron chi connectivity index (χ4n) is 3.35. The van der Waals surface area contributed by atoms with Crippen LogP contribution >= 0.6 is 0 Å². The molecule has 0 amide bonds. The van der Waals surface area contributed by atoms with Crippen LogP contribution in [-0.4, -0.2) is 11.0 Å². The average molecular weight is 284 g/mol. The Morgan fingerprint density at radius 1 is 1.24 bits per heavy atom. The Morgan fingerprint density at radius 3 is 2.86 bits per heavy atom. The Balaban J connectivity index is 1.79. The number of nitrogens with one attached hydrogen (secondary N) is 2. The van der Waals surface area contributed by atoms with Crippen LogP contribution in [0.15, 0.2) is 29.1 Å². The van der Waals surface area contributed by atoms with E-state index in [1.54, 1.807) is 0 Å². The summed E-state index contributed by atoms with van der Waals surface area (Å²) in [5.41, 5.74) is 2.96. The van der Waals surface area contributed by atoms with Gasteiger partial charge in [0.05, 0.1) is 0 Å². The molecule has 3 rings (SSSR count). The van der Waals surface area contributed by atoms with Gasteiger partial charge in [0, 0.05) is 23.7 Å². The molecule has 112 valence electrons. The third-order valence-electron chi connectivity index (χ3n) is 4.74. The lowest BCUT2D eigenvalue weighted by atomic mass is 9.86. The van der Waals surface area contributed by atoms with Crippen molar-refractivity contribution in [2.75, 3.05) is 0 Å². The van der Waals surface area contributed by atoms with Crippen LogP contribution in [0.2, 0.25) is 0 Å². The van der Waals surface area contributed by atoms with Gasteiger partial charge >= 0.3 is 0 Å². The zero-order chi connectivity index (χ0) is 14.8. The van der Waals surface area contributed by atoms with Gasteiger partial charge in [0.15, 0.2) is 0 Å². The molecule has 2 aromatic rings. The second-order valence-electron chi connectivity index (χ2n) is 6.46. The molecule has 3 heteroatoms. The normalized spacial score (nSPS) is 22.6. The summed E-state index contributed by atoms with van der Waals surface area (Å²) < 4.78 is 0. The zero-order valence-electron chi connectivity index (χ0n) is 12.9. The lowest BCUT2D eigenvalue weighted by molar-refractivity contribution is 0.279. The number of aromatic amines is 1. The lowest BCUT2D eigenvalue weighted by Crippen LogP contribution is -2.37. The molecule has 0 aliphatic heterocycles. The van der Waals surface area contributed by atoms with Gasteiger partial charge in [0.1, 0.15) is 0 Å². The van der Waals surface area contributed by atoms with E-state index in [1.807, 2.05) is 19.1 Å². The van der Waals surface area contributed by atoms with E-state index in [2.05, 4.69) is 29.4 Å². The Morgan fingerprint density at radius 2 is 2.05 bits per heavy atom. The fraction of sp³-hybridized carbons (Fsp3) is 0.500. The lowest BCUT2D eigenvalue weighted by Gasteiger charge is -2.29. The number of aromatic nitrogens is 1. The number of hydrogen-bond acceptors (Lipinski definition) is 2. The van der Waals surface area contributed by atoms with Crippen LogP contribution in [0.25, 0.3) is 10.9 Å². The third-order valence-corrected chi connectivity index (χ3v) is 4.74. The van der Waals surface area contributed by atoms with Crippen molar-refractivity contribution in [3.8, 4) is 0 Å². The van der Waals surface area contributed by atoms with Gasteiger partial charge < -0.3 is 10.3 Å². The van der Waals surface area contributed by atoms with E-state index in [9.17, 15) is 4.79 Å². The number of benzene rings is 1. The van der Waals surface area contributed by atoms with Crippen molar-refractivity contribution in [1.29, 1.82) is 0 Å². The summed E-state index contributed by atoms with van der Waals surface area (Å²) in [6, 6.07) is 8.76. The second-order valence-corrected chi connectivity index (χ2v) is 6.46. The number of fused-ring (bicyclic) bond motifs is 1. The first-order valence-corrected chi connectivity index (χ1v) is 7.99. The molecule has 21 heavy (non-hydrogen) atoms. The Kier molecular flexibility index (Phi) is 4.11. The molecule has 0 saturated heterocycles. The topological polar surface area (TPSA) is 44.9 Å². The number of pyridine rings is 1. The summed E-state index contributed by atoms with van der Waals surface area (Å²) in [5, 5.41) is 4.69. The van der Waals surface area contributed by atoms with E-state index >= 15 is 0 Å². The summed E-state index contributed by atoms with van der Waals surface area (Å²) in [4.78, 5) is 15.2. The van der Waals surface area contributed by atoms with Gasteiger partial charge in [0.25, 0.3) is 5.56 Å². The first-order chi connectivity index (χ1) is 10.1. The molecule has 0 unspecified atom stereocenters. The SMILES string of the molecule is Cc1ccc2cc(CN[C@H]3CCCC[C@H]3C)c(=O)[nH]c2c1. The van der Waals surface area contributed by atoms with E-state index in [0.717, 1.165) is 16.5 Å². The molecule has 1 saturated carbocycles. The first kappa shape index (κ1) is 14.3. The molecule has 3 nitrogen and oxygen atoms in total. The summed E-state index contributed by atoms with van der Waals surface area (Å²) in [6.45, 7) is 5.01. The highest BCUT2D eigenvalue weighted by molar-refractivity contribution is 5.79. The molecule has 1 aliphatic carbocycles. The number of H-pyrrole nitrogens is 1. The van der Waals surface area contributed by atoms with Crippen molar-refractivity contribution in [3.05, 3.63) is 45.7 Å². The minimum Gasteiger partial charge on any atom is -0.322 e. The van der Waals surface area contributed by atoms with Crippen molar-refractivity contribution in [1.82, 2.24) is 10.3 Å². The van der Waals surface area contributed by atoms with Crippen LogP contribution in [0.3, 0.4) is 0 Å². The average Bonchev–Trinajstić information content (AvgIpc) is 2.46. The Bertz CT molecular complexity index is 689. The van der Waals surface area contributed by atoms with Crippen LogP contribution in [-0.2, 0) is 6.54 Å². The van der Waals surface area contributed by atoms with Gasteiger partial charge in [-0.1, -0.05) is 31.9 Å². The molecule has 1 aromatic carbocycles. The third kappa shape index (κ3) is 3.18. The maximum Gasteiger partial charge on any atom is 0.252 e. The maximum atomic E-state index is 12.2. The van der Waals surface area contributed by atoms with E-state index in [0.29, 0.717) is 18.5 Å². The smallest absolute Gasteiger partial charge is 0.252 e. The summed E-state index contributed by atoms with van der Waals surface area (Å²) in [6.07, 6.45) is 5.17. The van der Waals surface area contributed by atoms with Crippen LogP contribution in [0, 0.1) is 12.8 Å². The summed E-state index contributed by atoms with van der Waals surface area (Å²) >= 11 is 0. The first-order valence-electron chi connectivity index (χ1n) is 7.99. The van der Waals surface area contributed by atoms with Crippen molar-refractivity contribution >= 4 is 10.9 Å². The van der Waals surface area contributed by atoms with Gasteiger partial charge in [-0.05, 0) is 48.8 Å². The minimum atomic E-state index is 0.0315. The van der Waals surface area contributed by atoms with Crippen molar-refractivity contribution in [2.45, 2.75) is 52.1 Å². The molecule has 1 fully saturated rings. The standard InChI is InChI=1S/C18H24N2O/c1-12-7-8-14-10-15(18(21)20-17(14)9-12)11-19-16-6-4-3-5-13(16)2/h7-10,13,16,19H,3-6,11H2,1-2H3,(H,20,21)/t13-,16+/m1/s1. The molecule has 2 N–H and O–H groups in total. The van der Waals surface area contributed by atoms with Gasteiger partial charge in [-0.15, -0.1) is 0 Å². The maximum absolute atomic E-state index is 12.2. The highest BCUT2D eigenvalue weighted by Gasteiger charge is 2.20. The molecule has 1 aromatic heterocycles. The number of aryl methyl sites for hydroxylation is 1. The van der Waals surface area contributed by atoms with Crippen molar-refractivity contribution in [2.24, 2.45) is 5.92 Å². The predicted octanol–water partition coefficient (Wildman–Crippen LogP) is 3.50. The van der Waals surface area contributed by atoms with Crippen LogP contribution < -0.4 is 10.9 Å². The van der Waals surface area contributed by atoms with Crippen LogP contribution in [0.4, 0.5) is 0 Å². The number of rotatable bonds is 3. The monoisotopic (exact) mass is 284 g/mol. The molecule has 0 spiro atoms. The summed E-state index contributed by atoms with van der Waals surface area (Å²) in [7, 11) is 0. The molecular formula is C18H24N2O. The molecule has 0 bridgehead atoms. The highest BCUT2D eigenvalue weighted by Crippen LogP contribution is 2.24. The molecule has 2 atom stereocenters. The zero-order valence-corrected chi connectivity index (χ0v) is 12.9.